The van der Waals surface area contributed by atoms with E-state index in [0.29, 0.717) is 6.54 Å². The molecule has 0 unspecified atom stereocenters. The third-order valence-corrected chi connectivity index (χ3v) is 9.28. The standard InChI is InChI=1S/C24BF20.C14H14NO/c26-5-1(6(27)14(35)21(42)13(5)34)25(2-7(28)15(36)22(43)16(37)8(2)29,3-9(30)17(38)23(44)18(39)10(3)31)4-11(32)19(40)24(45)20(41)12(4)33;1-12-7-5-6-10-15(12)11-14(16)13-8-3-2-4-9-13/h;2-10H,11H2,1H3/q-1;+1. The predicted molar refractivity (Wildman–Crippen MR) is 171 cm³/mol. The Morgan fingerprint density at radius 1 is 0.377 bits per heavy atom. The minimum absolute atomic E-state index is 0.139. The number of carbonyl (C=O) groups is 1. The summed E-state index contributed by atoms with van der Waals surface area (Å²) in [5, 5.41) is 0. The lowest BCUT2D eigenvalue weighted by atomic mass is 9.12. The van der Waals surface area contributed by atoms with E-state index in [1.807, 2.05) is 66.2 Å². The largest absolute Gasteiger partial charge is 0.287 e. The van der Waals surface area contributed by atoms with E-state index in [1.54, 1.807) is 0 Å². The molecule has 0 saturated carbocycles. The van der Waals surface area contributed by atoms with Crippen molar-refractivity contribution < 1.29 is 97.2 Å². The van der Waals surface area contributed by atoms with Crippen LogP contribution < -0.4 is 26.4 Å². The minimum atomic E-state index is -7.22. The number of halogens is 20. The van der Waals surface area contributed by atoms with Crippen LogP contribution in [0, 0.1) is 123 Å². The number of hydrogen-bond donors (Lipinski definition) is 0. The Balaban J connectivity index is 0.000000366. The molecule has 0 aliphatic carbocycles. The maximum Gasteiger partial charge on any atom is 0.227 e. The molecule has 0 amide bonds. The molecule has 0 bridgehead atoms. The Bertz CT molecular complexity index is 2380. The minimum Gasteiger partial charge on any atom is -0.287 e. The van der Waals surface area contributed by atoms with E-state index < -0.39 is 144 Å². The second kappa shape index (κ2) is 16.9. The molecule has 23 heteroatoms. The summed E-state index contributed by atoms with van der Waals surface area (Å²) in [6.07, 6.45) is -5.29. The molecule has 0 saturated heterocycles. The number of Topliss-reactive ketones (excluding diaryl/α,β-unsaturated/α-hetero) is 1. The molecular weight excluding hydrogens is 877 g/mol. The molecule has 6 aromatic rings. The van der Waals surface area contributed by atoms with Crippen LogP contribution in [0.4, 0.5) is 87.8 Å². The van der Waals surface area contributed by atoms with Crippen LogP contribution in [0.2, 0.25) is 0 Å². The Kier molecular flexibility index (Phi) is 12.7. The van der Waals surface area contributed by atoms with Gasteiger partial charge < -0.3 is 0 Å². The average Bonchev–Trinajstić information content (AvgIpc) is 3.24. The summed E-state index contributed by atoms with van der Waals surface area (Å²) >= 11 is 0. The van der Waals surface area contributed by atoms with Gasteiger partial charge in [-0.2, -0.15) is 4.57 Å². The highest BCUT2D eigenvalue weighted by Gasteiger charge is 2.52. The summed E-state index contributed by atoms with van der Waals surface area (Å²) in [6.45, 7) is 2.40. The molecule has 0 N–H and O–H groups in total. The first-order valence-corrected chi connectivity index (χ1v) is 16.2. The number of carbonyl (C=O) groups excluding carboxylic acids is 1. The smallest absolute Gasteiger partial charge is 0.227 e. The molecule has 0 spiro atoms. The van der Waals surface area contributed by atoms with Crippen LogP contribution in [0.5, 0.6) is 0 Å². The topological polar surface area (TPSA) is 20.9 Å². The van der Waals surface area contributed by atoms with Gasteiger partial charge in [-0.05, 0) is 0 Å². The Morgan fingerprint density at radius 3 is 0.885 bits per heavy atom. The molecule has 2 nitrogen and oxygen atoms in total. The van der Waals surface area contributed by atoms with Crippen LogP contribution in [0.25, 0.3) is 0 Å². The highest BCUT2D eigenvalue weighted by Crippen LogP contribution is 2.30. The molecule has 320 valence electrons. The van der Waals surface area contributed by atoms with Crippen molar-refractivity contribution in [3.05, 3.63) is 182 Å². The van der Waals surface area contributed by atoms with Crippen molar-refractivity contribution in [1.82, 2.24) is 0 Å². The van der Waals surface area contributed by atoms with Crippen molar-refractivity contribution in [1.29, 1.82) is 0 Å². The number of benzene rings is 5. The zero-order chi connectivity index (χ0) is 45.7. The van der Waals surface area contributed by atoms with Gasteiger partial charge in [0.2, 0.25) is 12.3 Å². The molecule has 5 aromatic carbocycles. The van der Waals surface area contributed by atoms with Crippen molar-refractivity contribution >= 4 is 33.8 Å². The van der Waals surface area contributed by atoms with Crippen molar-refractivity contribution in [3.63, 3.8) is 0 Å². The summed E-state index contributed by atoms with van der Waals surface area (Å²) in [6, 6.07) is 15.3. The molecule has 0 fully saturated rings. The second-order valence-corrected chi connectivity index (χ2v) is 12.6. The van der Waals surface area contributed by atoms with Crippen LogP contribution in [0.1, 0.15) is 16.1 Å². The molecule has 61 heavy (non-hydrogen) atoms. The van der Waals surface area contributed by atoms with Gasteiger partial charge in [-0.1, -0.05) is 36.4 Å². The molecule has 6 rings (SSSR count). The number of ketones is 1. The van der Waals surface area contributed by atoms with Crippen molar-refractivity contribution in [2.45, 2.75) is 13.5 Å². The summed E-state index contributed by atoms with van der Waals surface area (Å²) in [7, 11) is 0. The van der Waals surface area contributed by atoms with Gasteiger partial charge in [0.25, 0.3) is 0 Å². The Hall–Kier alpha value is -6.42. The third kappa shape index (κ3) is 7.21. The van der Waals surface area contributed by atoms with E-state index in [-0.39, 0.29) is 5.78 Å². The van der Waals surface area contributed by atoms with Crippen molar-refractivity contribution in [3.8, 4) is 0 Å². The van der Waals surface area contributed by atoms with Gasteiger partial charge in [-0.25, -0.2) is 87.8 Å². The van der Waals surface area contributed by atoms with E-state index in [4.69, 9.17) is 0 Å². The van der Waals surface area contributed by atoms with Gasteiger partial charge in [-0.3, -0.25) is 4.79 Å². The maximum atomic E-state index is 15.4. The normalized spacial score (nSPS) is 11.5. The van der Waals surface area contributed by atoms with E-state index in [0.717, 1.165) is 11.3 Å². The van der Waals surface area contributed by atoms with Gasteiger partial charge in [0.1, 0.15) is 52.7 Å². The molecule has 0 radical (unpaired) electrons. The van der Waals surface area contributed by atoms with Gasteiger partial charge >= 0.3 is 0 Å². The zero-order valence-corrected chi connectivity index (χ0v) is 29.4. The average molecular weight is 891 g/mol. The van der Waals surface area contributed by atoms with E-state index in [2.05, 4.69) is 0 Å². The monoisotopic (exact) mass is 891 g/mol. The van der Waals surface area contributed by atoms with Gasteiger partial charge in [-0.15, -0.1) is 21.9 Å². The van der Waals surface area contributed by atoms with Crippen LogP contribution in [0.15, 0.2) is 54.7 Å². The number of aromatic nitrogens is 1. The lowest BCUT2D eigenvalue weighted by Crippen LogP contribution is -2.81. The summed E-state index contributed by atoms with van der Waals surface area (Å²) < 4.78 is 296. The lowest BCUT2D eigenvalue weighted by Gasteiger charge is -2.44. The van der Waals surface area contributed by atoms with Gasteiger partial charge in [0, 0.05) is 24.6 Å². The number of nitrogens with zero attached hydrogens (tertiary/aromatic N) is 1. The summed E-state index contributed by atoms with van der Waals surface area (Å²) in [5.74, 6) is -71.3. The molecule has 1 heterocycles. The SMILES string of the molecule is Cc1cccc[n+]1CC(=O)c1ccccc1.Fc1c(F)c(F)c([B-](c2c(F)c(F)c(F)c(F)c2F)(c2c(F)c(F)c(F)c(F)c2F)c2c(F)c(F)c(F)c(F)c2F)c(F)c1F. The fourth-order valence-electron chi connectivity index (χ4n) is 6.48. The molecular formula is C38H14BF20NO. The lowest BCUT2D eigenvalue weighted by molar-refractivity contribution is -0.689. The number of pyridine rings is 1. The number of aryl methyl sites for hydroxylation is 1. The quantitative estimate of drug-likeness (QED) is 0.0398. The third-order valence-electron chi connectivity index (χ3n) is 9.28. The van der Waals surface area contributed by atoms with Gasteiger partial charge in [0.05, 0.1) is 0 Å². The fraction of sp³-hybridized carbons (Fsp3) is 0.0526. The van der Waals surface area contributed by atoms with E-state index >= 15 is 35.1 Å². The van der Waals surface area contributed by atoms with Crippen molar-refractivity contribution in [2.75, 3.05) is 0 Å². The van der Waals surface area contributed by atoms with Crippen LogP contribution >= 0.6 is 0 Å². The highest BCUT2D eigenvalue weighted by molar-refractivity contribution is 7.20. The van der Waals surface area contributed by atoms with E-state index in [9.17, 15) is 57.5 Å². The number of rotatable bonds is 7. The maximum absolute atomic E-state index is 15.4. The van der Waals surface area contributed by atoms with Crippen LogP contribution in [-0.4, -0.2) is 11.9 Å². The van der Waals surface area contributed by atoms with Crippen LogP contribution in [-0.2, 0) is 6.54 Å². The molecule has 1 aromatic heterocycles. The highest BCUT2D eigenvalue weighted by atomic mass is 19.2. The van der Waals surface area contributed by atoms with Gasteiger partial charge in [0.15, 0.2) is 81.7 Å². The molecule has 0 aliphatic rings. The zero-order valence-electron chi connectivity index (χ0n) is 29.4. The van der Waals surface area contributed by atoms with Crippen molar-refractivity contribution in [2.24, 2.45) is 0 Å². The molecule has 0 atom stereocenters. The first kappa shape index (κ1) is 45.7. The van der Waals surface area contributed by atoms with Crippen LogP contribution in [0.3, 0.4) is 0 Å². The molecule has 0 aliphatic heterocycles. The second-order valence-electron chi connectivity index (χ2n) is 12.6. The Morgan fingerprint density at radius 2 is 0.623 bits per heavy atom. The summed E-state index contributed by atoms with van der Waals surface area (Å²) in [4.78, 5) is 11.9. The first-order valence-electron chi connectivity index (χ1n) is 16.2. The Labute approximate surface area is 326 Å². The van der Waals surface area contributed by atoms with E-state index in [1.165, 1.54) is 0 Å². The predicted octanol–water partition coefficient (Wildman–Crippen LogP) is 8.01. The number of hydrogen-bond acceptors (Lipinski definition) is 1. The summed E-state index contributed by atoms with van der Waals surface area (Å²) in [5.41, 5.74) is -12.5. The first-order chi connectivity index (χ1) is 28.5. The fourth-order valence-corrected chi connectivity index (χ4v) is 6.48.